The first-order chi connectivity index (χ1) is 15.9. The summed E-state index contributed by atoms with van der Waals surface area (Å²) in [5.41, 5.74) is 4.80. The van der Waals surface area contributed by atoms with Crippen molar-refractivity contribution in [3.8, 4) is 6.07 Å². The third-order valence-corrected chi connectivity index (χ3v) is 11.6. The first-order valence-electron chi connectivity index (χ1n) is 13.5. The molecule has 33 heavy (non-hydrogen) atoms. The quantitative estimate of drug-likeness (QED) is 0.506. The van der Waals surface area contributed by atoms with E-state index >= 15 is 0 Å². The topological polar surface area (TPSA) is 30.3 Å². The molecule has 1 saturated heterocycles. The van der Waals surface area contributed by atoms with Crippen molar-refractivity contribution in [2.24, 2.45) is 34.5 Å². The summed E-state index contributed by atoms with van der Waals surface area (Å²) in [6.07, 6.45) is 13.8. The zero-order valence-corrected chi connectivity index (χ0v) is 21.1. The number of fused-ring (bicyclic) bond motifs is 4. The summed E-state index contributed by atoms with van der Waals surface area (Å²) in [5.74, 6) is 3.73. The van der Waals surface area contributed by atoms with E-state index in [2.05, 4.69) is 62.0 Å². The number of allylic oxidation sites excluding steroid dienone is 1. The molecule has 1 aromatic carbocycles. The lowest BCUT2D eigenvalue weighted by Gasteiger charge is -2.58. The average molecular weight is 444 g/mol. The fourth-order valence-electron chi connectivity index (χ4n) is 9.76. The molecule has 6 rings (SSSR count). The molecule has 1 aliphatic heterocycles. The van der Waals surface area contributed by atoms with Gasteiger partial charge in [-0.2, -0.15) is 5.26 Å². The zero-order chi connectivity index (χ0) is 23.0. The van der Waals surface area contributed by atoms with Gasteiger partial charge in [-0.1, -0.05) is 18.6 Å². The Balaban J connectivity index is 1.23. The molecule has 0 bridgehead atoms. The maximum absolute atomic E-state index is 9.13. The molecular weight excluding hydrogens is 402 g/mol. The minimum Gasteiger partial charge on any atom is -0.371 e. The fraction of sp³-hybridized carbons (Fsp3) is 0.700. The van der Waals surface area contributed by atoms with Crippen molar-refractivity contribution in [1.29, 1.82) is 5.26 Å². The van der Waals surface area contributed by atoms with Gasteiger partial charge in [0.05, 0.1) is 11.6 Å². The maximum Gasteiger partial charge on any atom is 0.0991 e. The highest BCUT2D eigenvalue weighted by Gasteiger charge is 2.64. The van der Waals surface area contributed by atoms with Gasteiger partial charge < -0.3 is 9.80 Å². The van der Waals surface area contributed by atoms with Crippen molar-refractivity contribution in [3.05, 3.63) is 41.5 Å². The minimum atomic E-state index is 0.417. The molecule has 176 valence electrons. The summed E-state index contributed by atoms with van der Waals surface area (Å²) < 4.78 is 0. The summed E-state index contributed by atoms with van der Waals surface area (Å²) in [6, 6.07) is 11.8. The van der Waals surface area contributed by atoms with E-state index in [1.165, 1.54) is 63.6 Å². The number of anilines is 1. The number of benzene rings is 1. The second-order valence-corrected chi connectivity index (χ2v) is 12.5. The van der Waals surface area contributed by atoms with E-state index in [0.717, 1.165) is 35.3 Å². The van der Waals surface area contributed by atoms with Crippen LogP contribution in [0.5, 0.6) is 0 Å². The third-order valence-electron chi connectivity index (χ3n) is 11.6. The highest BCUT2D eigenvalue weighted by molar-refractivity contribution is 5.50. The molecule has 1 spiro atoms. The Bertz CT molecular complexity index is 989. The van der Waals surface area contributed by atoms with Gasteiger partial charge in [-0.25, -0.2) is 0 Å². The van der Waals surface area contributed by atoms with Crippen LogP contribution in [0, 0.1) is 45.8 Å². The van der Waals surface area contributed by atoms with E-state index in [0.29, 0.717) is 16.9 Å². The van der Waals surface area contributed by atoms with Gasteiger partial charge in [0.2, 0.25) is 0 Å². The Kier molecular flexibility index (Phi) is 5.01. The van der Waals surface area contributed by atoms with E-state index in [-0.39, 0.29) is 0 Å². The van der Waals surface area contributed by atoms with Crippen LogP contribution in [0.2, 0.25) is 0 Å². The van der Waals surface area contributed by atoms with Gasteiger partial charge in [0.1, 0.15) is 0 Å². The fourth-order valence-corrected chi connectivity index (χ4v) is 9.76. The minimum absolute atomic E-state index is 0.417. The Morgan fingerprint density at radius 1 is 1.03 bits per heavy atom. The van der Waals surface area contributed by atoms with Crippen molar-refractivity contribution in [1.82, 2.24) is 4.90 Å². The van der Waals surface area contributed by atoms with Gasteiger partial charge in [-0.3, -0.25) is 0 Å². The van der Waals surface area contributed by atoms with Crippen LogP contribution in [0.25, 0.3) is 0 Å². The lowest BCUT2D eigenvalue weighted by Crippen LogP contribution is -2.52. The molecule has 4 aliphatic carbocycles. The summed E-state index contributed by atoms with van der Waals surface area (Å²) in [4.78, 5) is 5.16. The van der Waals surface area contributed by atoms with Gasteiger partial charge in [0, 0.05) is 31.4 Å². The van der Waals surface area contributed by atoms with Gasteiger partial charge in [-0.05, 0) is 124 Å². The molecule has 0 aromatic heterocycles. The predicted molar refractivity (Wildman–Crippen MR) is 135 cm³/mol. The second kappa shape index (κ2) is 7.61. The van der Waals surface area contributed by atoms with Gasteiger partial charge in [0.15, 0.2) is 0 Å². The van der Waals surface area contributed by atoms with Gasteiger partial charge in [-0.15, -0.1) is 0 Å². The van der Waals surface area contributed by atoms with Crippen LogP contribution in [0.1, 0.15) is 70.8 Å². The second-order valence-electron chi connectivity index (χ2n) is 12.5. The van der Waals surface area contributed by atoms with Crippen molar-refractivity contribution < 1.29 is 0 Å². The lowest BCUT2D eigenvalue weighted by atomic mass is 9.47. The molecule has 0 N–H and O–H groups in total. The van der Waals surface area contributed by atoms with Crippen LogP contribution in [-0.2, 0) is 0 Å². The summed E-state index contributed by atoms with van der Waals surface area (Å²) in [7, 11) is 4.63. The lowest BCUT2D eigenvalue weighted by molar-refractivity contribution is -0.0398. The van der Waals surface area contributed by atoms with Crippen molar-refractivity contribution >= 4 is 5.69 Å². The third kappa shape index (κ3) is 3.02. The SMILES string of the molecule is CC1C2CCC3C4CC=C5CC(N(C)c6ccc(C#N)cc6)CCC5(C)C4CCC32CN1C. The number of hydrogen-bond donors (Lipinski definition) is 0. The first-order valence-corrected chi connectivity index (χ1v) is 13.5. The Labute approximate surface area is 200 Å². The number of rotatable bonds is 2. The Morgan fingerprint density at radius 3 is 2.55 bits per heavy atom. The predicted octanol–water partition coefficient (Wildman–Crippen LogP) is 6.26. The molecule has 3 heteroatoms. The molecule has 5 aliphatic rings. The van der Waals surface area contributed by atoms with Crippen LogP contribution in [0.15, 0.2) is 35.9 Å². The number of likely N-dealkylation sites (tertiary alicyclic amines) is 1. The molecule has 3 saturated carbocycles. The van der Waals surface area contributed by atoms with Crippen molar-refractivity contribution in [2.45, 2.75) is 77.3 Å². The van der Waals surface area contributed by atoms with Crippen LogP contribution in [-0.4, -0.2) is 37.6 Å². The number of nitrogens with zero attached hydrogens (tertiary/aromatic N) is 3. The van der Waals surface area contributed by atoms with E-state index in [1.54, 1.807) is 5.57 Å². The highest BCUT2D eigenvalue weighted by Crippen LogP contribution is 2.68. The summed E-state index contributed by atoms with van der Waals surface area (Å²) in [5, 5.41) is 9.13. The largest absolute Gasteiger partial charge is 0.371 e. The first kappa shape index (κ1) is 21.7. The Morgan fingerprint density at radius 2 is 1.79 bits per heavy atom. The van der Waals surface area contributed by atoms with Crippen molar-refractivity contribution in [3.63, 3.8) is 0 Å². The van der Waals surface area contributed by atoms with Gasteiger partial charge >= 0.3 is 0 Å². The smallest absolute Gasteiger partial charge is 0.0991 e. The van der Waals surface area contributed by atoms with E-state index in [1.807, 2.05) is 12.1 Å². The van der Waals surface area contributed by atoms with E-state index < -0.39 is 0 Å². The molecule has 8 atom stereocenters. The van der Waals surface area contributed by atoms with Crippen LogP contribution in [0.4, 0.5) is 5.69 Å². The molecule has 4 fully saturated rings. The number of nitriles is 1. The zero-order valence-electron chi connectivity index (χ0n) is 21.1. The monoisotopic (exact) mass is 443 g/mol. The highest BCUT2D eigenvalue weighted by atomic mass is 15.2. The summed E-state index contributed by atoms with van der Waals surface area (Å²) in [6.45, 7) is 6.50. The van der Waals surface area contributed by atoms with Crippen LogP contribution < -0.4 is 4.90 Å². The van der Waals surface area contributed by atoms with E-state index in [4.69, 9.17) is 5.26 Å². The van der Waals surface area contributed by atoms with Crippen molar-refractivity contribution in [2.75, 3.05) is 25.5 Å². The Hall–Kier alpha value is -1.79. The molecule has 1 aromatic rings. The molecule has 0 amide bonds. The molecule has 3 nitrogen and oxygen atoms in total. The van der Waals surface area contributed by atoms with E-state index in [9.17, 15) is 0 Å². The standard InChI is InChI=1S/C30H41N3/c1-20-26-11-12-28-25-10-7-22-17-24(33(4)23-8-5-21(18-31)6-9-23)13-15-29(22,2)27(25)14-16-30(26,28)19-32(20)3/h5-9,20,24-28H,10-17,19H2,1-4H3. The van der Waals surface area contributed by atoms with Gasteiger partial charge in [0.25, 0.3) is 0 Å². The maximum atomic E-state index is 9.13. The van der Waals surface area contributed by atoms with Crippen LogP contribution >= 0.6 is 0 Å². The van der Waals surface area contributed by atoms with Crippen LogP contribution in [0.3, 0.4) is 0 Å². The average Bonchev–Trinajstić information content (AvgIpc) is 3.31. The molecule has 0 radical (unpaired) electrons. The summed E-state index contributed by atoms with van der Waals surface area (Å²) >= 11 is 0. The number of hydrogen-bond acceptors (Lipinski definition) is 3. The molecular formula is C30H41N3. The molecule has 1 heterocycles. The molecule has 8 unspecified atom stereocenters. The normalized spacial score (nSPS) is 44.2.